The van der Waals surface area contributed by atoms with Crippen LogP contribution in [0.5, 0.6) is 0 Å². The van der Waals surface area contributed by atoms with E-state index in [1.807, 2.05) is 42.2 Å². The van der Waals surface area contributed by atoms with Gasteiger partial charge in [-0.15, -0.1) is 0 Å². The maximum atomic E-state index is 13.5. The van der Waals surface area contributed by atoms with Crippen LogP contribution in [0.15, 0.2) is 65.6 Å². The third-order valence-electron chi connectivity index (χ3n) is 7.55. The minimum Gasteiger partial charge on any atom is -0.341 e. The van der Waals surface area contributed by atoms with Gasteiger partial charge in [0.2, 0.25) is 15.9 Å². The number of rotatable bonds is 6. The van der Waals surface area contributed by atoms with Gasteiger partial charge in [-0.2, -0.15) is 0 Å². The minimum atomic E-state index is -3.83. The zero-order chi connectivity index (χ0) is 26.7. The molecule has 0 aromatic heterocycles. The molecule has 0 radical (unpaired) electrons. The number of hydrogen-bond acceptors (Lipinski definition) is 5. The van der Waals surface area contributed by atoms with E-state index in [-0.39, 0.29) is 28.8 Å². The third kappa shape index (κ3) is 5.60. The minimum absolute atomic E-state index is 0.117. The highest BCUT2D eigenvalue weighted by molar-refractivity contribution is 7.89. The first-order valence-electron chi connectivity index (χ1n) is 13.3. The number of aryl methyl sites for hydroxylation is 1. The molecule has 2 aliphatic heterocycles. The van der Waals surface area contributed by atoms with Crippen LogP contribution in [0.3, 0.4) is 0 Å². The number of sulfonamides is 1. The van der Waals surface area contributed by atoms with E-state index in [1.54, 1.807) is 30.3 Å². The van der Waals surface area contributed by atoms with Crippen molar-refractivity contribution in [2.24, 2.45) is 0 Å². The van der Waals surface area contributed by atoms with Crippen molar-refractivity contribution < 1.29 is 18.0 Å². The number of likely N-dealkylation sites (tertiary alicyclic amines) is 1. The standard InChI is InChI=1S/C29H34N4O4S/c1-20-8-2-3-9-22(20)28(34)31-25-13-14-27(24-11-5-4-10-23(24)25)38(36,37)32-21-15-18-33(19-16-21)29(35)26-12-6-7-17-30-26/h2-5,8-11,13-14,21,26,30,32H,6-7,12,15-19H2,1H3,(H,31,34). The monoisotopic (exact) mass is 534 g/mol. The number of hydrogen-bond donors (Lipinski definition) is 3. The molecule has 1 unspecified atom stereocenters. The van der Waals surface area contributed by atoms with Gasteiger partial charge in [0.1, 0.15) is 0 Å². The molecule has 0 bridgehead atoms. The smallest absolute Gasteiger partial charge is 0.255 e. The number of amides is 2. The molecule has 200 valence electrons. The predicted octanol–water partition coefficient (Wildman–Crippen LogP) is 3.81. The van der Waals surface area contributed by atoms with Crippen molar-refractivity contribution in [3.05, 3.63) is 71.8 Å². The van der Waals surface area contributed by atoms with Gasteiger partial charge in [0.15, 0.2) is 0 Å². The Bertz CT molecular complexity index is 1440. The summed E-state index contributed by atoms with van der Waals surface area (Å²) in [4.78, 5) is 27.8. The molecule has 3 N–H and O–H groups in total. The van der Waals surface area contributed by atoms with Gasteiger partial charge >= 0.3 is 0 Å². The second-order valence-electron chi connectivity index (χ2n) is 10.1. The maximum absolute atomic E-state index is 13.5. The van der Waals surface area contributed by atoms with Gasteiger partial charge in [-0.1, -0.05) is 48.9 Å². The van der Waals surface area contributed by atoms with Crippen LogP contribution in [0.4, 0.5) is 5.69 Å². The average molecular weight is 535 g/mol. The molecule has 0 saturated carbocycles. The van der Waals surface area contributed by atoms with Gasteiger partial charge in [-0.25, -0.2) is 13.1 Å². The zero-order valence-electron chi connectivity index (χ0n) is 21.6. The van der Waals surface area contributed by atoms with Crippen LogP contribution < -0.4 is 15.4 Å². The van der Waals surface area contributed by atoms with Crippen LogP contribution >= 0.6 is 0 Å². The molecular formula is C29H34N4O4S. The lowest BCUT2D eigenvalue weighted by atomic mass is 10.0. The molecule has 0 spiro atoms. The lowest BCUT2D eigenvalue weighted by Gasteiger charge is -2.35. The SMILES string of the molecule is Cc1ccccc1C(=O)Nc1ccc(S(=O)(=O)NC2CCN(C(=O)C3CCCCN3)CC2)c2ccccc12. The average Bonchev–Trinajstić information content (AvgIpc) is 2.93. The van der Waals surface area contributed by atoms with Crippen LogP contribution in [-0.2, 0) is 14.8 Å². The summed E-state index contributed by atoms with van der Waals surface area (Å²) in [6, 6.07) is 17.3. The van der Waals surface area contributed by atoms with Gasteiger partial charge in [-0.05, 0) is 62.9 Å². The second kappa shape index (κ2) is 11.2. The molecule has 3 aromatic rings. The third-order valence-corrected chi connectivity index (χ3v) is 9.13. The molecule has 2 saturated heterocycles. The highest BCUT2D eigenvalue weighted by Crippen LogP contribution is 2.30. The Hall–Kier alpha value is -3.27. The summed E-state index contributed by atoms with van der Waals surface area (Å²) in [6.45, 7) is 3.82. The lowest BCUT2D eigenvalue weighted by molar-refractivity contribution is -0.135. The molecule has 2 amide bonds. The topological polar surface area (TPSA) is 108 Å². The van der Waals surface area contributed by atoms with E-state index in [1.165, 1.54) is 0 Å². The van der Waals surface area contributed by atoms with E-state index in [4.69, 9.17) is 0 Å². The van der Waals surface area contributed by atoms with Crippen molar-refractivity contribution in [3.8, 4) is 0 Å². The fraction of sp³-hybridized carbons (Fsp3) is 0.379. The summed E-state index contributed by atoms with van der Waals surface area (Å²) in [6.07, 6.45) is 4.16. The highest BCUT2D eigenvalue weighted by Gasteiger charge is 2.31. The summed E-state index contributed by atoms with van der Waals surface area (Å²) in [5.74, 6) is -0.118. The Labute approximate surface area is 223 Å². The molecule has 3 aromatic carbocycles. The van der Waals surface area contributed by atoms with Gasteiger partial charge in [0, 0.05) is 41.2 Å². The number of benzene rings is 3. The summed E-state index contributed by atoms with van der Waals surface area (Å²) >= 11 is 0. The van der Waals surface area contributed by atoms with E-state index < -0.39 is 10.0 Å². The molecule has 1 atom stereocenters. The van der Waals surface area contributed by atoms with E-state index in [0.717, 1.165) is 31.4 Å². The van der Waals surface area contributed by atoms with E-state index in [9.17, 15) is 18.0 Å². The number of nitrogens with one attached hydrogen (secondary N) is 3. The summed E-state index contributed by atoms with van der Waals surface area (Å²) in [5, 5.41) is 7.44. The number of piperidine rings is 2. The quantitative estimate of drug-likeness (QED) is 0.446. The van der Waals surface area contributed by atoms with Crippen LogP contribution in [0.25, 0.3) is 10.8 Å². The molecular weight excluding hydrogens is 500 g/mol. The predicted molar refractivity (Wildman–Crippen MR) is 149 cm³/mol. The van der Waals surface area contributed by atoms with E-state index in [0.29, 0.717) is 48.0 Å². The number of anilines is 1. The molecule has 2 heterocycles. The number of nitrogens with zero attached hydrogens (tertiary/aromatic N) is 1. The van der Waals surface area contributed by atoms with Crippen LogP contribution in [0.1, 0.15) is 48.0 Å². The van der Waals surface area contributed by atoms with Crippen molar-refractivity contribution in [2.75, 3.05) is 25.0 Å². The first-order chi connectivity index (χ1) is 18.3. The number of carbonyl (C=O) groups is 2. The van der Waals surface area contributed by atoms with Crippen LogP contribution in [0, 0.1) is 6.92 Å². The molecule has 9 heteroatoms. The van der Waals surface area contributed by atoms with Gasteiger partial charge in [-0.3, -0.25) is 9.59 Å². The zero-order valence-corrected chi connectivity index (χ0v) is 22.4. The normalized spacial score (nSPS) is 18.9. The Morgan fingerprint density at radius 2 is 1.61 bits per heavy atom. The Morgan fingerprint density at radius 3 is 2.32 bits per heavy atom. The first-order valence-corrected chi connectivity index (χ1v) is 14.7. The van der Waals surface area contributed by atoms with Gasteiger partial charge < -0.3 is 15.5 Å². The number of fused-ring (bicyclic) bond motifs is 1. The van der Waals surface area contributed by atoms with Crippen LogP contribution in [-0.4, -0.2) is 56.9 Å². The van der Waals surface area contributed by atoms with E-state index in [2.05, 4.69) is 15.4 Å². The van der Waals surface area contributed by atoms with Gasteiger partial charge in [0.25, 0.3) is 5.91 Å². The Balaban J connectivity index is 1.30. The van der Waals surface area contributed by atoms with Crippen LogP contribution in [0.2, 0.25) is 0 Å². The molecule has 2 aliphatic rings. The summed E-state index contributed by atoms with van der Waals surface area (Å²) < 4.78 is 29.8. The van der Waals surface area contributed by atoms with Crippen molar-refractivity contribution in [1.29, 1.82) is 0 Å². The fourth-order valence-electron chi connectivity index (χ4n) is 5.42. The van der Waals surface area contributed by atoms with Crippen molar-refractivity contribution in [1.82, 2.24) is 14.9 Å². The van der Waals surface area contributed by atoms with Crippen molar-refractivity contribution in [2.45, 2.75) is 56.0 Å². The largest absolute Gasteiger partial charge is 0.341 e. The molecule has 8 nitrogen and oxygen atoms in total. The maximum Gasteiger partial charge on any atom is 0.255 e. The Kier molecular flexibility index (Phi) is 7.78. The summed E-state index contributed by atoms with van der Waals surface area (Å²) in [5.41, 5.74) is 1.98. The Morgan fingerprint density at radius 1 is 0.895 bits per heavy atom. The number of carbonyl (C=O) groups excluding carboxylic acids is 2. The highest BCUT2D eigenvalue weighted by atomic mass is 32.2. The molecule has 0 aliphatic carbocycles. The van der Waals surface area contributed by atoms with Gasteiger partial charge in [0.05, 0.1) is 10.9 Å². The molecule has 5 rings (SSSR count). The van der Waals surface area contributed by atoms with Crippen molar-refractivity contribution >= 4 is 38.3 Å². The van der Waals surface area contributed by atoms with Crippen molar-refractivity contribution in [3.63, 3.8) is 0 Å². The molecule has 2 fully saturated rings. The summed E-state index contributed by atoms with van der Waals surface area (Å²) in [7, 11) is -3.83. The first kappa shape index (κ1) is 26.3. The lowest BCUT2D eigenvalue weighted by Crippen LogP contribution is -2.53. The second-order valence-corrected chi connectivity index (χ2v) is 11.8. The van der Waals surface area contributed by atoms with E-state index >= 15 is 0 Å². The molecule has 38 heavy (non-hydrogen) atoms. The fourth-order valence-corrected chi connectivity index (χ4v) is 6.93.